The third-order valence-electron chi connectivity index (χ3n) is 9.87. The topological polar surface area (TPSA) is 16.4 Å². The number of fused-ring (bicyclic) bond motifs is 6. The van der Waals surface area contributed by atoms with Crippen LogP contribution >= 0.6 is 0 Å². The highest BCUT2D eigenvalue weighted by Gasteiger charge is 2.37. The van der Waals surface area contributed by atoms with Crippen molar-refractivity contribution in [3.63, 3.8) is 0 Å². The summed E-state index contributed by atoms with van der Waals surface area (Å²) in [6.45, 7) is 4.69. The quantitative estimate of drug-likeness (QED) is 0.195. The van der Waals surface area contributed by atoms with Gasteiger partial charge in [0.15, 0.2) is 0 Å². The Hall–Kier alpha value is -5.86. The largest absolute Gasteiger partial charge is 0.456 e. The predicted octanol–water partition coefficient (Wildman–Crippen LogP) is 12.7. The van der Waals surface area contributed by atoms with Gasteiger partial charge >= 0.3 is 0 Å². The fourth-order valence-corrected chi connectivity index (χ4v) is 7.61. The van der Waals surface area contributed by atoms with Crippen LogP contribution in [0.15, 0.2) is 168 Å². The van der Waals surface area contributed by atoms with Crippen molar-refractivity contribution in [3.8, 4) is 33.4 Å². The molecule has 0 unspecified atom stereocenters. The van der Waals surface area contributed by atoms with Crippen LogP contribution in [0.4, 0.5) is 17.1 Å². The lowest BCUT2D eigenvalue weighted by Gasteiger charge is -2.29. The Morgan fingerprint density at radius 3 is 1.98 bits per heavy atom. The molecule has 7 aromatic carbocycles. The summed E-state index contributed by atoms with van der Waals surface area (Å²) in [6.07, 6.45) is 0. The molecule has 1 aromatic heterocycles. The minimum absolute atomic E-state index is 0.0642. The second-order valence-electron chi connectivity index (χ2n) is 12.9. The molecule has 224 valence electrons. The van der Waals surface area contributed by atoms with Crippen molar-refractivity contribution < 1.29 is 4.42 Å². The third kappa shape index (κ3) is 4.33. The van der Waals surface area contributed by atoms with E-state index in [0.717, 1.165) is 50.1 Å². The molecule has 0 saturated carbocycles. The molecule has 2 nitrogen and oxygen atoms in total. The molecular weight excluding hydrogens is 571 g/mol. The smallest absolute Gasteiger partial charge is 0.136 e. The van der Waals surface area contributed by atoms with E-state index >= 15 is 0 Å². The Balaban J connectivity index is 1.22. The van der Waals surface area contributed by atoms with E-state index in [4.69, 9.17) is 4.42 Å². The lowest BCUT2D eigenvalue weighted by atomic mass is 9.82. The van der Waals surface area contributed by atoms with Gasteiger partial charge in [0.05, 0.1) is 5.69 Å². The second kappa shape index (κ2) is 10.6. The van der Waals surface area contributed by atoms with Crippen LogP contribution in [0, 0.1) is 0 Å². The van der Waals surface area contributed by atoms with E-state index in [0.29, 0.717) is 0 Å². The summed E-state index contributed by atoms with van der Waals surface area (Å²) in [7, 11) is 0. The van der Waals surface area contributed by atoms with E-state index in [-0.39, 0.29) is 5.41 Å². The van der Waals surface area contributed by atoms with Crippen molar-refractivity contribution in [3.05, 3.63) is 175 Å². The van der Waals surface area contributed by atoms with Gasteiger partial charge in [-0.1, -0.05) is 129 Å². The predicted molar refractivity (Wildman–Crippen MR) is 197 cm³/mol. The van der Waals surface area contributed by atoms with E-state index in [1.54, 1.807) is 0 Å². The van der Waals surface area contributed by atoms with E-state index in [9.17, 15) is 0 Å². The highest BCUT2D eigenvalue weighted by atomic mass is 16.3. The van der Waals surface area contributed by atoms with Crippen molar-refractivity contribution in [1.82, 2.24) is 0 Å². The van der Waals surface area contributed by atoms with Crippen molar-refractivity contribution >= 4 is 39.0 Å². The summed E-state index contributed by atoms with van der Waals surface area (Å²) in [6, 6.07) is 58.9. The SMILES string of the molecule is CC1(C)c2ccccc2-c2c(-c3ccccc3N(c3ccccc3)c3cccc(-c4ccc5c(c4)oc4ccccc45)c3)cccc21. The van der Waals surface area contributed by atoms with Gasteiger partial charge in [-0.05, 0) is 87.5 Å². The Labute approximate surface area is 275 Å². The average Bonchev–Trinajstić information content (AvgIpc) is 3.61. The highest BCUT2D eigenvalue weighted by molar-refractivity contribution is 6.06. The van der Waals surface area contributed by atoms with Crippen LogP contribution in [0.1, 0.15) is 25.0 Å². The fourth-order valence-electron chi connectivity index (χ4n) is 7.61. The van der Waals surface area contributed by atoms with E-state index in [1.165, 1.54) is 33.4 Å². The van der Waals surface area contributed by atoms with Gasteiger partial charge in [0.1, 0.15) is 11.2 Å². The lowest BCUT2D eigenvalue weighted by Crippen LogP contribution is -2.14. The minimum atomic E-state index is -0.0642. The molecule has 47 heavy (non-hydrogen) atoms. The molecule has 0 bridgehead atoms. The first-order valence-corrected chi connectivity index (χ1v) is 16.3. The highest BCUT2D eigenvalue weighted by Crippen LogP contribution is 2.53. The van der Waals surface area contributed by atoms with Crippen LogP contribution in [-0.2, 0) is 5.41 Å². The van der Waals surface area contributed by atoms with Crippen molar-refractivity contribution in [2.24, 2.45) is 0 Å². The van der Waals surface area contributed by atoms with Gasteiger partial charge in [-0.15, -0.1) is 0 Å². The number of furan rings is 1. The van der Waals surface area contributed by atoms with Gasteiger partial charge < -0.3 is 9.32 Å². The zero-order valence-electron chi connectivity index (χ0n) is 26.4. The van der Waals surface area contributed by atoms with Crippen LogP contribution in [-0.4, -0.2) is 0 Å². The standard InChI is InChI=1S/C45H33NO/c1-45(2)39-22-9-6-20-38(39)44-37(21-13-23-40(44)45)34-18-7-10-24-41(34)46(32-15-4-3-5-16-32)33-17-12-14-30(28-33)31-26-27-36-35-19-8-11-25-42(35)47-43(36)29-31/h3-29H,1-2H3. The first-order chi connectivity index (χ1) is 23.1. The van der Waals surface area contributed by atoms with Crippen LogP contribution in [0.5, 0.6) is 0 Å². The molecule has 0 atom stereocenters. The summed E-state index contributed by atoms with van der Waals surface area (Å²) in [4.78, 5) is 2.39. The van der Waals surface area contributed by atoms with Crippen LogP contribution in [0.25, 0.3) is 55.3 Å². The van der Waals surface area contributed by atoms with Crippen LogP contribution < -0.4 is 4.90 Å². The molecule has 0 fully saturated rings. The zero-order chi connectivity index (χ0) is 31.5. The Morgan fingerprint density at radius 1 is 0.447 bits per heavy atom. The number of benzene rings is 7. The number of rotatable bonds is 5. The summed E-state index contributed by atoms with van der Waals surface area (Å²) < 4.78 is 6.26. The number of hydrogen-bond donors (Lipinski definition) is 0. The Kier molecular flexibility index (Phi) is 6.20. The lowest BCUT2D eigenvalue weighted by molar-refractivity contribution is 0.660. The second-order valence-corrected chi connectivity index (χ2v) is 12.9. The number of para-hydroxylation sites is 3. The van der Waals surface area contributed by atoms with E-state index < -0.39 is 0 Å². The normalized spacial score (nSPS) is 13.1. The Bertz CT molecular complexity index is 2450. The third-order valence-corrected chi connectivity index (χ3v) is 9.87. The van der Waals surface area contributed by atoms with Crippen molar-refractivity contribution in [2.45, 2.75) is 19.3 Å². The Morgan fingerprint density at radius 2 is 1.09 bits per heavy atom. The summed E-state index contributed by atoms with van der Waals surface area (Å²) >= 11 is 0. The van der Waals surface area contributed by atoms with Gasteiger partial charge in [0.25, 0.3) is 0 Å². The molecule has 0 amide bonds. The summed E-state index contributed by atoms with van der Waals surface area (Å²) in [5.74, 6) is 0. The summed E-state index contributed by atoms with van der Waals surface area (Å²) in [5, 5.41) is 2.29. The van der Waals surface area contributed by atoms with E-state index in [1.807, 2.05) is 12.1 Å². The molecule has 9 rings (SSSR count). The molecule has 0 N–H and O–H groups in total. The maximum Gasteiger partial charge on any atom is 0.136 e. The molecule has 0 radical (unpaired) electrons. The maximum absolute atomic E-state index is 6.26. The molecule has 0 spiro atoms. The van der Waals surface area contributed by atoms with Crippen LogP contribution in [0.2, 0.25) is 0 Å². The molecular formula is C45H33NO. The first-order valence-electron chi connectivity index (χ1n) is 16.3. The van der Waals surface area contributed by atoms with Gasteiger partial charge in [0.2, 0.25) is 0 Å². The van der Waals surface area contributed by atoms with E-state index in [2.05, 4.69) is 170 Å². The molecule has 0 saturated heterocycles. The zero-order valence-corrected chi connectivity index (χ0v) is 26.4. The van der Waals surface area contributed by atoms with Gasteiger partial charge in [-0.2, -0.15) is 0 Å². The molecule has 1 aliphatic carbocycles. The molecule has 2 heteroatoms. The molecule has 0 aliphatic heterocycles. The first kappa shape index (κ1) is 27.5. The van der Waals surface area contributed by atoms with Gasteiger partial charge in [-0.25, -0.2) is 0 Å². The van der Waals surface area contributed by atoms with Crippen molar-refractivity contribution in [1.29, 1.82) is 0 Å². The summed E-state index contributed by atoms with van der Waals surface area (Å²) in [5.41, 5.74) is 15.2. The molecule has 1 aliphatic rings. The van der Waals surface area contributed by atoms with Gasteiger partial charge in [0, 0.05) is 33.1 Å². The van der Waals surface area contributed by atoms with Gasteiger partial charge in [-0.3, -0.25) is 0 Å². The average molecular weight is 604 g/mol. The molecule has 8 aromatic rings. The number of hydrogen-bond acceptors (Lipinski definition) is 2. The number of anilines is 3. The monoisotopic (exact) mass is 603 g/mol. The van der Waals surface area contributed by atoms with Crippen molar-refractivity contribution in [2.75, 3.05) is 4.90 Å². The fraction of sp³-hybridized carbons (Fsp3) is 0.0667. The maximum atomic E-state index is 6.26. The minimum Gasteiger partial charge on any atom is -0.456 e. The van der Waals surface area contributed by atoms with Crippen LogP contribution in [0.3, 0.4) is 0 Å². The number of nitrogens with zero attached hydrogens (tertiary/aromatic N) is 1. The molecule has 1 heterocycles.